The Balaban J connectivity index is 1.54. The topological polar surface area (TPSA) is 155 Å². The molecular weight excluding hydrogens is 684 g/mol. The second kappa shape index (κ2) is 21.1. The zero-order valence-electron chi connectivity index (χ0n) is 31.3. The standard InChI is InChI=1S/C43H52N4O7/c1-29(2)37(46-42(51)53-27-33-21-13-7-14-22-33)40(49)44-35(25-31-17-9-5-10-18-31)39(48)36(26-32-19-11-6-12-20-32)45-41(50)38(30(3)4)47-43(52)54-28-34-23-15-8-16-24-34/h5-24,29-30,35-39,48H,25-28H2,1-4H3,(H,44,49)(H,45,50)(H,46,51)(H,47,52)/t35?,36?,37-,38-,39?/m0/s1. The van der Waals surface area contributed by atoms with Crippen molar-refractivity contribution in [1.82, 2.24) is 21.3 Å². The predicted molar refractivity (Wildman–Crippen MR) is 207 cm³/mol. The fourth-order valence-electron chi connectivity index (χ4n) is 5.93. The third-order valence-electron chi connectivity index (χ3n) is 8.95. The van der Waals surface area contributed by atoms with E-state index in [1.54, 1.807) is 27.7 Å². The maximum atomic E-state index is 13.9. The number of carbonyl (C=O) groups is 4. The number of hydrogen-bond acceptors (Lipinski definition) is 7. The van der Waals surface area contributed by atoms with E-state index < -0.39 is 54.3 Å². The van der Waals surface area contributed by atoms with Crippen LogP contribution >= 0.6 is 0 Å². The molecule has 0 bridgehead atoms. The lowest BCUT2D eigenvalue weighted by Crippen LogP contribution is -2.61. The minimum absolute atomic E-state index is 0.0340. The number of ether oxygens (including phenoxy) is 2. The molecule has 0 aliphatic carbocycles. The largest absolute Gasteiger partial charge is 0.445 e. The molecule has 11 heteroatoms. The highest BCUT2D eigenvalue weighted by Crippen LogP contribution is 2.16. The Bertz CT molecular complexity index is 1610. The van der Waals surface area contributed by atoms with Gasteiger partial charge in [0.05, 0.1) is 18.2 Å². The fourth-order valence-corrected chi connectivity index (χ4v) is 5.93. The van der Waals surface area contributed by atoms with Crippen molar-refractivity contribution in [3.63, 3.8) is 0 Å². The van der Waals surface area contributed by atoms with E-state index >= 15 is 0 Å². The molecule has 0 fully saturated rings. The number of hydrogen-bond donors (Lipinski definition) is 5. The Labute approximate surface area is 317 Å². The summed E-state index contributed by atoms with van der Waals surface area (Å²) in [5.74, 6) is -1.70. The molecule has 4 rings (SSSR count). The first-order valence-electron chi connectivity index (χ1n) is 18.3. The summed E-state index contributed by atoms with van der Waals surface area (Å²) in [6.07, 6.45) is -2.38. The summed E-state index contributed by atoms with van der Waals surface area (Å²) in [7, 11) is 0. The van der Waals surface area contributed by atoms with Crippen LogP contribution in [-0.2, 0) is 45.1 Å². The lowest BCUT2D eigenvalue weighted by atomic mass is 9.91. The van der Waals surface area contributed by atoms with Crippen LogP contribution in [-0.4, -0.2) is 59.4 Å². The molecule has 2 unspecified atom stereocenters. The summed E-state index contributed by atoms with van der Waals surface area (Å²) in [6.45, 7) is 7.26. The summed E-state index contributed by atoms with van der Waals surface area (Å²) < 4.78 is 10.8. The third-order valence-corrected chi connectivity index (χ3v) is 8.95. The molecule has 11 nitrogen and oxygen atoms in total. The number of nitrogens with one attached hydrogen (secondary N) is 4. The Morgan fingerprint density at radius 3 is 1.07 bits per heavy atom. The van der Waals surface area contributed by atoms with Gasteiger partial charge in [-0.1, -0.05) is 149 Å². The predicted octanol–water partition coefficient (Wildman–Crippen LogP) is 5.70. The minimum atomic E-state index is -1.31. The Hall–Kier alpha value is -5.68. The molecule has 286 valence electrons. The van der Waals surface area contributed by atoms with Gasteiger partial charge in [0.2, 0.25) is 11.8 Å². The molecular formula is C43H52N4O7. The van der Waals surface area contributed by atoms with Crippen molar-refractivity contribution >= 4 is 24.0 Å². The average molecular weight is 737 g/mol. The number of benzene rings is 4. The van der Waals surface area contributed by atoms with Gasteiger partial charge in [0.25, 0.3) is 0 Å². The zero-order valence-corrected chi connectivity index (χ0v) is 31.3. The van der Waals surface area contributed by atoms with Crippen LogP contribution in [0.15, 0.2) is 121 Å². The molecule has 0 aliphatic heterocycles. The number of aliphatic hydroxyl groups excluding tert-OH is 1. The monoisotopic (exact) mass is 736 g/mol. The molecule has 0 radical (unpaired) electrons. The van der Waals surface area contributed by atoms with Crippen LogP contribution in [0.3, 0.4) is 0 Å². The molecule has 0 saturated heterocycles. The van der Waals surface area contributed by atoms with E-state index in [0.29, 0.717) is 0 Å². The minimum Gasteiger partial charge on any atom is -0.445 e. The number of carbonyl (C=O) groups excluding carboxylic acids is 4. The van der Waals surface area contributed by atoms with Gasteiger partial charge >= 0.3 is 12.2 Å². The summed E-state index contributed by atoms with van der Waals surface area (Å²) in [5.41, 5.74) is 3.28. The van der Waals surface area contributed by atoms with Crippen LogP contribution in [0.4, 0.5) is 9.59 Å². The highest BCUT2D eigenvalue weighted by atomic mass is 16.6. The second-order valence-corrected chi connectivity index (χ2v) is 14.0. The summed E-state index contributed by atoms with van der Waals surface area (Å²) in [5, 5.41) is 23.5. The lowest BCUT2D eigenvalue weighted by Gasteiger charge is -2.34. The van der Waals surface area contributed by atoms with Gasteiger partial charge in [-0.3, -0.25) is 9.59 Å². The number of alkyl carbamates (subject to hydrolysis) is 2. The van der Waals surface area contributed by atoms with Crippen molar-refractivity contribution < 1.29 is 33.8 Å². The van der Waals surface area contributed by atoms with Gasteiger partial charge in [-0.25, -0.2) is 9.59 Å². The van der Waals surface area contributed by atoms with Crippen molar-refractivity contribution in [3.05, 3.63) is 144 Å². The molecule has 4 aromatic rings. The van der Waals surface area contributed by atoms with Crippen molar-refractivity contribution in [2.45, 2.75) is 84.0 Å². The first-order chi connectivity index (χ1) is 26.0. The SMILES string of the molecule is CC(C)[C@H](NC(=O)OCc1ccccc1)C(=O)NC(Cc1ccccc1)C(O)C(Cc1ccccc1)NC(=O)[C@@H](NC(=O)OCc1ccccc1)C(C)C. The zero-order chi connectivity index (χ0) is 38.9. The quantitative estimate of drug-likeness (QED) is 0.0878. The van der Waals surface area contributed by atoms with Crippen LogP contribution in [0.1, 0.15) is 49.9 Å². The lowest BCUT2D eigenvalue weighted by molar-refractivity contribution is -0.126. The average Bonchev–Trinajstić information content (AvgIpc) is 3.17. The van der Waals surface area contributed by atoms with Crippen LogP contribution in [0.25, 0.3) is 0 Å². The summed E-state index contributed by atoms with van der Waals surface area (Å²) >= 11 is 0. The van der Waals surface area contributed by atoms with Crippen LogP contribution in [0.5, 0.6) is 0 Å². The smallest absolute Gasteiger partial charge is 0.408 e. The van der Waals surface area contributed by atoms with Gasteiger partial charge < -0.3 is 35.8 Å². The first-order valence-corrected chi connectivity index (χ1v) is 18.3. The highest BCUT2D eigenvalue weighted by Gasteiger charge is 2.35. The van der Waals surface area contributed by atoms with E-state index in [-0.39, 0.29) is 37.9 Å². The normalized spacial score (nSPS) is 13.8. The number of rotatable bonds is 18. The van der Waals surface area contributed by atoms with Gasteiger partial charge in [0.1, 0.15) is 25.3 Å². The molecule has 4 atom stereocenters. The van der Waals surface area contributed by atoms with Gasteiger partial charge in [0, 0.05) is 0 Å². The van der Waals surface area contributed by atoms with E-state index in [4.69, 9.17) is 9.47 Å². The van der Waals surface area contributed by atoms with Crippen LogP contribution in [0, 0.1) is 11.8 Å². The van der Waals surface area contributed by atoms with E-state index in [0.717, 1.165) is 22.3 Å². The van der Waals surface area contributed by atoms with Gasteiger partial charge in [-0.05, 0) is 46.9 Å². The molecule has 0 saturated carbocycles. The maximum Gasteiger partial charge on any atom is 0.408 e. The summed E-state index contributed by atoms with van der Waals surface area (Å²) in [4.78, 5) is 53.6. The summed E-state index contributed by atoms with van der Waals surface area (Å²) in [6, 6.07) is 33.4. The molecule has 0 heterocycles. The van der Waals surface area contributed by atoms with Crippen molar-refractivity contribution in [2.24, 2.45) is 11.8 Å². The van der Waals surface area contributed by atoms with E-state index in [9.17, 15) is 24.3 Å². The Kier molecular flexibility index (Phi) is 16.1. The highest BCUT2D eigenvalue weighted by molar-refractivity contribution is 5.87. The van der Waals surface area contributed by atoms with Gasteiger partial charge in [-0.15, -0.1) is 0 Å². The Morgan fingerprint density at radius 1 is 0.481 bits per heavy atom. The third kappa shape index (κ3) is 13.4. The fraction of sp³-hybridized carbons (Fsp3) is 0.349. The molecule has 4 aromatic carbocycles. The number of aliphatic hydroxyl groups is 1. The molecule has 54 heavy (non-hydrogen) atoms. The molecule has 4 amide bonds. The van der Waals surface area contributed by atoms with Gasteiger partial charge in [0.15, 0.2) is 0 Å². The number of amides is 4. The molecule has 0 aromatic heterocycles. The molecule has 5 N–H and O–H groups in total. The van der Waals surface area contributed by atoms with Crippen LogP contribution < -0.4 is 21.3 Å². The van der Waals surface area contributed by atoms with Gasteiger partial charge in [-0.2, -0.15) is 0 Å². The van der Waals surface area contributed by atoms with Crippen molar-refractivity contribution in [2.75, 3.05) is 0 Å². The second-order valence-electron chi connectivity index (χ2n) is 14.0. The van der Waals surface area contributed by atoms with E-state index in [1.807, 2.05) is 121 Å². The van der Waals surface area contributed by atoms with Crippen LogP contribution in [0.2, 0.25) is 0 Å². The Morgan fingerprint density at radius 2 is 0.778 bits per heavy atom. The first kappa shape index (κ1) is 41.1. The molecule has 0 spiro atoms. The van der Waals surface area contributed by atoms with Crippen molar-refractivity contribution in [1.29, 1.82) is 0 Å². The molecule has 0 aliphatic rings. The maximum absolute atomic E-state index is 13.9. The van der Waals surface area contributed by atoms with E-state index in [1.165, 1.54) is 0 Å². The van der Waals surface area contributed by atoms with Crippen molar-refractivity contribution in [3.8, 4) is 0 Å². The van der Waals surface area contributed by atoms with E-state index in [2.05, 4.69) is 21.3 Å².